The number of alkyl halides is 1. The van der Waals surface area contributed by atoms with Crippen molar-refractivity contribution < 1.29 is 18.0 Å². The van der Waals surface area contributed by atoms with Crippen LogP contribution in [0.1, 0.15) is 19.3 Å². The molecule has 107 valence electrons. The van der Waals surface area contributed by atoms with E-state index in [9.17, 15) is 0 Å². The molecule has 1 radical (unpaired) electrons. The van der Waals surface area contributed by atoms with Crippen molar-refractivity contribution in [2.45, 2.75) is 31.4 Å². The van der Waals surface area contributed by atoms with Gasteiger partial charge in [-0.1, -0.05) is 0 Å². The van der Waals surface area contributed by atoms with Crippen LogP contribution in [0, 0.1) is 12.3 Å². The predicted molar refractivity (Wildman–Crippen MR) is 73.7 cm³/mol. The molecule has 1 rings (SSSR count). The van der Waals surface area contributed by atoms with Crippen LogP contribution in [0.3, 0.4) is 0 Å². The van der Waals surface area contributed by atoms with Crippen LogP contribution in [0.5, 0.6) is 0 Å². The predicted octanol–water partition coefficient (Wildman–Crippen LogP) is 2.49. The van der Waals surface area contributed by atoms with Crippen molar-refractivity contribution in [2.75, 3.05) is 33.8 Å². The molecule has 0 aromatic rings. The summed E-state index contributed by atoms with van der Waals surface area (Å²) in [5.41, 5.74) is 0. The van der Waals surface area contributed by atoms with Crippen LogP contribution in [0.2, 0.25) is 6.04 Å². The van der Waals surface area contributed by atoms with Crippen molar-refractivity contribution in [1.82, 2.24) is 0 Å². The van der Waals surface area contributed by atoms with Gasteiger partial charge in [0.1, 0.15) is 0 Å². The largest absolute Gasteiger partial charge is 0.500 e. The summed E-state index contributed by atoms with van der Waals surface area (Å²) >= 11 is 6.02. The average molecular weight is 296 g/mol. The molecule has 0 aromatic carbocycles. The Morgan fingerprint density at radius 2 is 2.00 bits per heavy atom. The Morgan fingerprint density at radius 3 is 2.44 bits per heavy atom. The summed E-state index contributed by atoms with van der Waals surface area (Å²) in [7, 11) is 2.42. The molecule has 0 amide bonds. The van der Waals surface area contributed by atoms with Crippen LogP contribution < -0.4 is 0 Å². The van der Waals surface area contributed by atoms with Gasteiger partial charge in [0.15, 0.2) is 0 Å². The molecule has 6 heteroatoms. The lowest BCUT2D eigenvalue weighted by atomic mass is 9.97. The Morgan fingerprint density at radius 1 is 1.33 bits per heavy atom. The van der Waals surface area contributed by atoms with Gasteiger partial charge in [0, 0.05) is 39.9 Å². The standard InChI is InChI=1S/C12H24ClO4Si/c1-14-18(15-2,16-3)9-5-6-11(10-13)12-7-4-8-17-12/h5,11-12H,4,6-10H2,1-3H3. The first-order chi connectivity index (χ1) is 8.71. The van der Waals surface area contributed by atoms with E-state index in [1.807, 2.05) is 0 Å². The van der Waals surface area contributed by atoms with Crippen LogP contribution >= 0.6 is 11.6 Å². The van der Waals surface area contributed by atoms with E-state index >= 15 is 0 Å². The second-order valence-electron chi connectivity index (χ2n) is 4.49. The minimum absolute atomic E-state index is 0.308. The van der Waals surface area contributed by atoms with E-state index in [2.05, 4.69) is 6.42 Å². The van der Waals surface area contributed by atoms with Gasteiger partial charge in [0.05, 0.1) is 6.10 Å². The monoisotopic (exact) mass is 295 g/mol. The highest BCUT2D eigenvalue weighted by Crippen LogP contribution is 2.27. The lowest BCUT2D eigenvalue weighted by Gasteiger charge is -2.26. The molecule has 1 saturated heterocycles. The number of ether oxygens (including phenoxy) is 1. The fourth-order valence-corrected chi connectivity index (χ4v) is 4.11. The molecule has 2 atom stereocenters. The summed E-state index contributed by atoms with van der Waals surface area (Å²) in [6.45, 7) is 0.866. The van der Waals surface area contributed by atoms with E-state index in [-0.39, 0.29) is 0 Å². The van der Waals surface area contributed by atoms with Crippen molar-refractivity contribution >= 4 is 20.4 Å². The van der Waals surface area contributed by atoms with E-state index in [0.717, 1.165) is 25.9 Å². The number of hydrogen-bond acceptors (Lipinski definition) is 4. The molecule has 1 aliphatic rings. The smallest absolute Gasteiger partial charge is 0.378 e. The van der Waals surface area contributed by atoms with E-state index < -0.39 is 8.80 Å². The van der Waals surface area contributed by atoms with E-state index in [1.54, 1.807) is 21.3 Å². The van der Waals surface area contributed by atoms with Crippen LogP contribution in [-0.2, 0) is 18.0 Å². The summed E-state index contributed by atoms with van der Waals surface area (Å²) in [5.74, 6) is 1.01. The zero-order valence-corrected chi connectivity index (χ0v) is 13.2. The molecule has 2 unspecified atom stereocenters. The van der Waals surface area contributed by atoms with Gasteiger partial charge in [-0.3, -0.25) is 0 Å². The van der Waals surface area contributed by atoms with Crippen LogP contribution in [0.15, 0.2) is 0 Å². The van der Waals surface area contributed by atoms with Gasteiger partial charge in [-0.15, -0.1) is 11.6 Å². The molecule has 0 N–H and O–H groups in total. The summed E-state index contributed by atoms with van der Waals surface area (Å²) in [5, 5.41) is 0. The number of halogens is 1. The van der Waals surface area contributed by atoms with Gasteiger partial charge in [0.25, 0.3) is 0 Å². The molecule has 18 heavy (non-hydrogen) atoms. The fourth-order valence-electron chi connectivity index (χ4n) is 2.26. The highest BCUT2D eigenvalue weighted by atomic mass is 35.5. The average Bonchev–Trinajstić information content (AvgIpc) is 2.94. The van der Waals surface area contributed by atoms with E-state index in [0.29, 0.717) is 23.9 Å². The molecule has 1 aliphatic heterocycles. The van der Waals surface area contributed by atoms with Crippen LogP contribution in [-0.4, -0.2) is 48.7 Å². The Hall–Kier alpha value is 0.347. The van der Waals surface area contributed by atoms with Gasteiger partial charge >= 0.3 is 8.80 Å². The summed E-state index contributed by atoms with van der Waals surface area (Å²) in [6.07, 6.45) is 5.65. The lowest BCUT2D eigenvalue weighted by Crippen LogP contribution is -2.42. The summed E-state index contributed by atoms with van der Waals surface area (Å²) < 4.78 is 21.8. The van der Waals surface area contributed by atoms with E-state index in [4.69, 9.17) is 29.6 Å². The van der Waals surface area contributed by atoms with Crippen molar-refractivity contribution in [1.29, 1.82) is 0 Å². The molecule has 1 heterocycles. The van der Waals surface area contributed by atoms with Gasteiger partial charge in [-0.2, -0.15) is 0 Å². The quantitative estimate of drug-likeness (QED) is 0.484. The van der Waals surface area contributed by atoms with Gasteiger partial charge in [-0.25, -0.2) is 0 Å². The van der Waals surface area contributed by atoms with Crippen molar-refractivity contribution in [2.24, 2.45) is 5.92 Å². The third-order valence-electron chi connectivity index (χ3n) is 3.49. The Kier molecular flexibility index (Phi) is 7.75. The van der Waals surface area contributed by atoms with Crippen LogP contribution in [0.25, 0.3) is 0 Å². The minimum atomic E-state index is -2.48. The maximum absolute atomic E-state index is 6.02. The summed E-state index contributed by atoms with van der Waals surface area (Å²) in [6, 6.07) is 0.705. The zero-order chi connectivity index (χ0) is 13.4. The molecule has 0 spiro atoms. The SMILES string of the molecule is CO[Si](C[CH]CC(CCl)C1CCCO1)(OC)OC. The molecular weight excluding hydrogens is 272 g/mol. The maximum Gasteiger partial charge on any atom is 0.500 e. The second kappa shape index (κ2) is 8.50. The number of hydrogen-bond donors (Lipinski definition) is 0. The topological polar surface area (TPSA) is 36.9 Å². The number of rotatable bonds is 9. The molecule has 4 nitrogen and oxygen atoms in total. The Labute approximate surface area is 116 Å². The fraction of sp³-hybridized carbons (Fsp3) is 0.917. The molecule has 0 aromatic heterocycles. The molecule has 0 bridgehead atoms. The van der Waals surface area contributed by atoms with Crippen LogP contribution in [0.4, 0.5) is 0 Å². The summed E-state index contributed by atoms with van der Waals surface area (Å²) in [4.78, 5) is 0. The van der Waals surface area contributed by atoms with Gasteiger partial charge < -0.3 is 18.0 Å². The maximum atomic E-state index is 6.02. The van der Waals surface area contributed by atoms with Gasteiger partial charge in [-0.05, 0) is 31.6 Å². The third kappa shape index (κ3) is 4.47. The van der Waals surface area contributed by atoms with E-state index in [1.165, 1.54) is 0 Å². The minimum Gasteiger partial charge on any atom is -0.378 e. The normalized spacial score (nSPS) is 22.3. The first-order valence-corrected chi connectivity index (χ1v) is 8.82. The first-order valence-electron chi connectivity index (χ1n) is 6.36. The molecular formula is C12H24ClO4Si. The third-order valence-corrected chi connectivity index (χ3v) is 6.54. The van der Waals surface area contributed by atoms with Crippen molar-refractivity contribution in [3.05, 3.63) is 6.42 Å². The van der Waals surface area contributed by atoms with Gasteiger partial charge in [0.2, 0.25) is 0 Å². The molecule has 1 fully saturated rings. The molecule has 0 saturated carbocycles. The first kappa shape index (κ1) is 16.4. The zero-order valence-electron chi connectivity index (χ0n) is 11.5. The second-order valence-corrected chi connectivity index (χ2v) is 7.80. The lowest BCUT2D eigenvalue weighted by molar-refractivity contribution is 0.0698. The highest BCUT2D eigenvalue weighted by molar-refractivity contribution is 6.60. The highest BCUT2D eigenvalue weighted by Gasteiger charge is 2.37. The Bertz CT molecular complexity index is 212. The molecule has 0 aliphatic carbocycles. The van der Waals surface area contributed by atoms with Crippen molar-refractivity contribution in [3.63, 3.8) is 0 Å². The van der Waals surface area contributed by atoms with Crippen molar-refractivity contribution in [3.8, 4) is 0 Å². The Balaban J connectivity index is 2.33.